The van der Waals surface area contributed by atoms with E-state index in [0.717, 1.165) is 6.42 Å². The zero-order valence-corrected chi connectivity index (χ0v) is 6.46. The average Bonchev–Trinajstić information content (AvgIpc) is 2.49. The van der Waals surface area contributed by atoms with Crippen molar-refractivity contribution in [3.63, 3.8) is 0 Å². The molecule has 1 heterocycles. The van der Waals surface area contributed by atoms with E-state index in [0.29, 0.717) is 6.61 Å². The minimum Gasteiger partial charge on any atom is -0.327 e. The van der Waals surface area contributed by atoms with Gasteiger partial charge in [-0.05, 0) is 18.3 Å². The van der Waals surface area contributed by atoms with E-state index in [9.17, 15) is 0 Å². The quantitative estimate of drug-likeness (QED) is 0.514. The van der Waals surface area contributed by atoms with E-state index in [4.69, 9.17) is 22.3 Å². The molecule has 0 spiro atoms. The molecule has 1 saturated heterocycles. The summed E-state index contributed by atoms with van der Waals surface area (Å²) in [6, 6.07) is 0. The minimum absolute atomic E-state index is 0.0436. The first-order valence-electron chi connectivity index (χ1n) is 3.53. The van der Waals surface area contributed by atoms with Crippen molar-refractivity contribution in [2.45, 2.75) is 25.2 Å². The van der Waals surface area contributed by atoms with Crippen molar-refractivity contribution in [3.05, 3.63) is 0 Å². The molecule has 11 heavy (non-hydrogen) atoms. The molecule has 1 fully saturated rings. The van der Waals surface area contributed by atoms with Gasteiger partial charge < -0.3 is 9.47 Å². The standard InChI is InChI=1S/C9H10O2/c1-4-8-7-10-9(5-2,6-3)11-8/h2-3,8H,4,7H2,1H3. The maximum absolute atomic E-state index is 5.30. The Morgan fingerprint density at radius 2 is 2.18 bits per heavy atom. The summed E-state index contributed by atoms with van der Waals surface area (Å²) >= 11 is 0. The van der Waals surface area contributed by atoms with Crippen LogP contribution < -0.4 is 0 Å². The van der Waals surface area contributed by atoms with Crippen LogP contribution in [0.2, 0.25) is 0 Å². The molecular formula is C9H10O2. The normalized spacial score (nSPS) is 27.4. The van der Waals surface area contributed by atoms with Gasteiger partial charge in [0.25, 0.3) is 0 Å². The molecule has 1 rings (SSSR count). The number of hydrogen-bond donors (Lipinski definition) is 0. The summed E-state index contributed by atoms with van der Waals surface area (Å²) < 4.78 is 10.5. The molecule has 1 atom stereocenters. The molecular weight excluding hydrogens is 140 g/mol. The first-order valence-corrected chi connectivity index (χ1v) is 3.53. The van der Waals surface area contributed by atoms with Gasteiger partial charge in [0, 0.05) is 0 Å². The van der Waals surface area contributed by atoms with Gasteiger partial charge in [0.05, 0.1) is 12.7 Å². The summed E-state index contributed by atoms with van der Waals surface area (Å²) in [4.78, 5) is 0. The summed E-state index contributed by atoms with van der Waals surface area (Å²) in [5.74, 6) is 3.43. The van der Waals surface area contributed by atoms with E-state index in [-0.39, 0.29) is 6.10 Å². The lowest BCUT2D eigenvalue weighted by atomic mass is 10.3. The average molecular weight is 150 g/mol. The van der Waals surface area contributed by atoms with Gasteiger partial charge in [-0.25, -0.2) is 0 Å². The molecule has 1 aliphatic heterocycles. The van der Waals surface area contributed by atoms with Gasteiger partial charge in [0.1, 0.15) is 0 Å². The first kappa shape index (κ1) is 8.14. The highest BCUT2D eigenvalue weighted by atomic mass is 16.7. The fourth-order valence-corrected chi connectivity index (χ4v) is 0.907. The lowest BCUT2D eigenvalue weighted by molar-refractivity contribution is -0.0727. The molecule has 0 saturated carbocycles. The third-order valence-electron chi connectivity index (χ3n) is 1.64. The van der Waals surface area contributed by atoms with Gasteiger partial charge >= 0.3 is 5.79 Å². The van der Waals surface area contributed by atoms with Crippen molar-refractivity contribution in [2.24, 2.45) is 0 Å². The molecule has 2 heteroatoms. The number of rotatable bonds is 1. The van der Waals surface area contributed by atoms with Crippen molar-refractivity contribution in [2.75, 3.05) is 6.61 Å². The first-order chi connectivity index (χ1) is 5.26. The molecule has 2 nitrogen and oxygen atoms in total. The highest BCUT2D eigenvalue weighted by Gasteiger charge is 2.37. The molecule has 0 aliphatic carbocycles. The highest BCUT2D eigenvalue weighted by molar-refractivity contribution is 5.21. The largest absolute Gasteiger partial charge is 0.327 e. The van der Waals surface area contributed by atoms with Gasteiger partial charge in [0.2, 0.25) is 0 Å². The van der Waals surface area contributed by atoms with Crippen molar-refractivity contribution < 1.29 is 9.47 Å². The van der Waals surface area contributed by atoms with Crippen LogP contribution in [0.5, 0.6) is 0 Å². The van der Waals surface area contributed by atoms with Crippen LogP contribution in [0.3, 0.4) is 0 Å². The fourth-order valence-electron chi connectivity index (χ4n) is 0.907. The Bertz CT molecular complexity index is 205. The van der Waals surface area contributed by atoms with Crippen molar-refractivity contribution in [1.29, 1.82) is 0 Å². The Balaban J connectivity index is 2.66. The van der Waals surface area contributed by atoms with Crippen molar-refractivity contribution >= 4 is 0 Å². The van der Waals surface area contributed by atoms with E-state index in [1.165, 1.54) is 0 Å². The number of terminal acetylenes is 2. The highest BCUT2D eigenvalue weighted by Crippen LogP contribution is 2.23. The van der Waals surface area contributed by atoms with E-state index in [2.05, 4.69) is 11.8 Å². The predicted molar refractivity (Wildman–Crippen MR) is 41.5 cm³/mol. The Morgan fingerprint density at radius 1 is 1.55 bits per heavy atom. The molecule has 0 amide bonds. The molecule has 0 radical (unpaired) electrons. The molecule has 0 aromatic rings. The predicted octanol–water partition coefficient (Wildman–Crippen LogP) is 0.774. The van der Waals surface area contributed by atoms with E-state index < -0.39 is 5.79 Å². The fraction of sp³-hybridized carbons (Fsp3) is 0.556. The van der Waals surface area contributed by atoms with E-state index >= 15 is 0 Å². The number of hydrogen-bond acceptors (Lipinski definition) is 2. The Kier molecular flexibility index (Phi) is 2.19. The summed E-state index contributed by atoms with van der Waals surface area (Å²) in [7, 11) is 0. The molecule has 0 aromatic carbocycles. The second kappa shape index (κ2) is 2.96. The summed E-state index contributed by atoms with van der Waals surface area (Å²) in [6.45, 7) is 2.49. The van der Waals surface area contributed by atoms with Gasteiger partial charge in [-0.2, -0.15) is 0 Å². The Morgan fingerprint density at radius 3 is 2.45 bits per heavy atom. The zero-order valence-electron chi connectivity index (χ0n) is 6.46. The third kappa shape index (κ3) is 1.38. The third-order valence-corrected chi connectivity index (χ3v) is 1.64. The van der Waals surface area contributed by atoms with Gasteiger partial charge in [-0.15, -0.1) is 12.8 Å². The summed E-state index contributed by atoms with van der Waals surface area (Å²) in [6.07, 6.45) is 11.2. The maximum atomic E-state index is 5.30. The minimum atomic E-state index is -1.19. The molecule has 58 valence electrons. The van der Waals surface area contributed by atoms with E-state index in [1.807, 2.05) is 6.92 Å². The lowest BCUT2D eigenvalue weighted by Gasteiger charge is -2.13. The van der Waals surface area contributed by atoms with Crippen LogP contribution in [0.4, 0.5) is 0 Å². The molecule has 1 aliphatic rings. The maximum Gasteiger partial charge on any atom is 0.300 e. The van der Waals surface area contributed by atoms with Crippen LogP contribution in [-0.4, -0.2) is 18.5 Å². The zero-order chi connectivity index (χ0) is 8.32. The Hall–Kier alpha value is -0.960. The molecule has 1 unspecified atom stereocenters. The van der Waals surface area contributed by atoms with Crippen LogP contribution in [0.15, 0.2) is 0 Å². The van der Waals surface area contributed by atoms with Crippen LogP contribution in [0.25, 0.3) is 0 Å². The number of ether oxygens (including phenoxy) is 2. The van der Waals surface area contributed by atoms with E-state index in [1.54, 1.807) is 0 Å². The van der Waals surface area contributed by atoms with Crippen LogP contribution >= 0.6 is 0 Å². The van der Waals surface area contributed by atoms with Crippen LogP contribution in [-0.2, 0) is 9.47 Å². The smallest absolute Gasteiger partial charge is 0.300 e. The Labute approximate surface area is 66.9 Å². The van der Waals surface area contributed by atoms with Crippen molar-refractivity contribution in [1.82, 2.24) is 0 Å². The van der Waals surface area contributed by atoms with Gasteiger partial charge in [-0.1, -0.05) is 6.92 Å². The van der Waals surface area contributed by atoms with Gasteiger partial charge in [0.15, 0.2) is 0 Å². The van der Waals surface area contributed by atoms with Crippen LogP contribution in [0.1, 0.15) is 13.3 Å². The molecule has 0 N–H and O–H groups in total. The van der Waals surface area contributed by atoms with Gasteiger partial charge in [-0.3, -0.25) is 0 Å². The summed E-state index contributed by atoms with van der Waals surface area (Å²) in [5, 5.41) is 0. The molecule has 0 aromatic heterocycles. The second-order valence-electron chi connectivity index (χ2n) is 2.36. The summed E-state index contributed by atoms with van der Waals surface area (Å²) in [5.41, 5.74) is 0. The lowest BCUT2D eigenvalue weighted by Crippen LogP contribution is -2.26. The topological polar surface area (TPSA) is 18.5 Å². The van der Waals surface area contributed by atoms with Crippen molar-refractivity contribution in [3.8, 4) is 24.7 Å². The SMILES string of the molecule is C#CC1(C#C)OCC(CC)O1. The second-order valence-corrected chi connectivity index (χ2v) is 2.36. The molecule has 0 bridgehead atoms. The van der Waals surface area contributed by atoms with Crippen LogP contribution in [0, 0.1) is 24.7 Å². The monoisotopic (exact) mass is 150 g/mol.